The molecule has 3 N–H and O–H groups in total. The predicted molar refractivity (Wildman–Crippen MR) is 88.9 cm³/mol. The zero-order valence-corrected chi connectivity index (χ0v) is 14.0. The van der Waals surface area contributed by atoms with Gasteiger partial charge in [0.05, 0.1) is 0 Å². The van der Waals surface area contributed by atoms with E-state index in [1.165, 1.54) is 12.2 Å². The molecule has 0 aromatic heterocycles. The van der Waals surface area contributed by atoms with Gasteiger partial charge in [0.15, 0.2) is 17.6 Å². The van der Waals surface area contributed by atoms with Gasteiger partial charge in [0.25, 0.3) is 5.91 Å². The lowest BCUT2D eigenvalue weighted by Gasteiger charge is -2.19. The summed E-state index contributed by atoms with van der Waals surface area (Å²) in [7, 11) is 0. The van der Waals surface area contributed by atoms with Crippen molar-refractivity contribution in [1.29, 1.82) is 0 Å². The molecule has 1 aromatic rings. The number of nitrogens with one attached hydrogen (secondary N) is 1. The molecule has 2 rings (SSSR count). The van der Waals surface area contributed by atoms with E-state index in [0.29, 0.717) is 30.3 Å². The third-order valence-corrected chi connectivity index (χ3v) is 3.33. The molecular weight excluding hydrogens is 328 g/mol. The fraction of sp³-hybridized carbons (Fsp3) is 0.353. The molecule has 25 heavy (non-hydrogen) atoms. The third-order valence-electron chi connectivity index (χ3n) is 3.33. The first kappa shape index (κ1) is 18.3. The first-order valence-electron chi connectivity index (χ1n) is 7.75. The monoisotopic (exact) mass is 348 g/mol. The second-order valence-electron chi connectivity index (χ2n) is 5.69. The van der Waals surface area contributed by atoms with Gasteiger partial charge in [0, 0.05) is 6.08 Å². The molecule has 0 spiro atoms. The van der Waals surface area contributed by atoms with Crippen molar-refractivity contribution in [3.8, 4) is 11.5 Å². The van der Waals surface area contributed by atoms with E-state index in [2.05, 4.69) is 0 Å². The van der Waals surface area contributed by atoms with Gasteiger partial charge in [0.2, 0.25) is 0 Å². The lowest BCUT2D eigenvalue weighted by atomic mass is 10.1. The van der Waals surface area contributed by atoms with E-state index in [1.54, 1.807) is 32.0 Å². The van der Waals surface area contributed by atoms with Gasteiger partial charge in [-0.1, -0.05) is 19.9 Å². The summed E-state index contributed by atoms with van der Waals surface area (Å²) in [6, 6.07) is 4.24. The molecule has 1 heterocycles. The number of rotatable bonds is 5. The summed E-state index contributed by atoms with van der Waals surface area (Å²) in [5, 5.41) is 1.91. The average molecular weight is 348 g/mol. The second kappa shape index (κ2) is 8.18. The van der Waals surface area contributed by atoms with E-state index in [0.717, 1.165) is 0 Å². The molecule has 1 aliphatic rings. The molecule has 134 valence electrons. The number of hydrogen-bond donors (Lipinski definition) is 2. The third kappa shape index (κ3) is 5.23. The first-order chi connectivity index (χ1) is 11.9. The van der Waals surface area contributed by atoms with Crippen LogP contribution in [-0.2, 0) is 14.3 Å². The molecule has 0 radical (unpaired) electrons. The maximum atomic E-state index is 11.9. The van der Waals surface area contributed by atoms with E-state index in [4.69, 9.17) is 19.9 Å². The lowest BCUT2D eigenvalue weighted by Crippen LogP contribution is -2.45. The van der Waals surface area contributed by atoms with E-state index in [9.17, 15) is 14.4 Å². The molecule has 1 aliphatic heterocycles. The Labute approximate surface area is 144 Å². The minimum absolute atomic E-state index is 0.328. The number of amides is 3. The van der Waals surface area contributed by atoms with Crippen molar-refractivity contribution in [2.75, 3.05) is 13.2 Å². The minimum Gasteiger partial charge on any atom is -0.486 e. The van der Waals surface area contributed by atoms with Crippen molar-refractivity contribution < 1.29 is 28.6 Å². The smallest absolute Gasteiger partial charge is 0.331 e. The number of primary amides is 1. The summed E-state index contributed by atoms with van der Waals surface area (Å²) in [4.78, 5) is 34.5. The maximum absolute atomic E-state index is 11.9. The van der Waals surface area contributed by atoms with Gasteiger partial charge in [-0.15, -0.1) is 0 Å². The summed E-state index contributed by atoms with van der Waals surface area (Å²) in [6.45, 7) is 4.33. The summed E-state index contributed by atoms with van der Waals surface area (Å²) in [5.41, 5.74) is 5.62. The second-order valence-corrected chi connectivity index (χ2v) is 5.69. The van der Waals surface area contributed by atoms with Crippen LogP contribution < -0.4 is 20.5 Å². The normalized spacial score (nSPS) is 14.2. The fourth-order valence-corrected chi connectivity index (χ4v) is 2.18. The molecule has 1 atom stereocenters. The van der Waals surface area contributed by atoms with Gasteiger partial charge in [-0.05, 0) is 29.7 Å². The van der Waals surface area contributed by atoms with Crippen molar-refractivity contribution in [3.05, 3.63) is 29.8 Å². The molecule has 0 bridgehead atoms. The molecule has 0 unspecified atom stereocenters. The SMILES string of the molecule is CC(C)[C@H](OC(=O)/C=C/c1ccc2c(c1)OCCO2)C(=O)NC(N)=O. The Balaban J connectivity index is 2.01. The number of esters is 1. The van der Waals surface area contributed by atoms with E-state index in [-0.39, 0.29) is 5.92 Å². The molecule has 0 saturated heterocycles. The Morgan fingerprint density at radius 1 is 1.20 bits per heavy atom. The van der Waals surface area contributed by atoms with Gasteiger partial charge in [0.1, 0.15) is 13.2 Å². The van der Waals surface area contributed by atoms with Crippen LogP contribution in [0, 0.1) is 5.92 Å². The maximum Gasteiger partial charge on any atom is 0.331 e. The molecule has 0 fully saturated rings. The van der Waals surface area contributed by atoms with E-state index < -0.39 is 24.0 Å². The molecule has 8 heteroatoms. The minimum atomic E-state index is -1.12. The van der Waals surface area contributed by atoms with Crippen LogP contribution >= 0.6 is 0 Å². The van der Waals surface area contributed by atoms with E-state index in [1.807, 2.05) is 5.32 Å². The van der Waals surface area contributed by atoms with Crippen LogP contribution in [0.2, 0.25) is 0 Å². The highest BCUT2D eigenvalue weighted by atomic mass is 16.6. The van der Waals surface area contributed by atoms with Crippen molar-refractivity contribution in [2.45, 2.75) is 20.0 Å². The number of benzene rings is 1. The summed E-state index contributed by atoms with van der Waals surface area (Å²) < 4.78 is 16.0. The number of carbonyl (C=O) groups is 3. The van der Waals surface area contributed by atoms with E-state index >= 15 is 0 Å². The molecule has 0 aliphatic carbocycles. The number of carbonyl (C=O) groups excluding carboxylic acids is 3. The first-order valence-corrected chi connectivity index (χ1v) is 7.75. The molecule has 8 nitrogen and oxygen atoms in total. The molecule has 1 aromatic carbocycles. The van der Waals surface area contributed by atoms with Crippen LogP contribution in [0.25, 0.3) is 6.08 Å². The number of nitrogens with two attached hydrogens (primary N) is 1. The Hall–Kier alpha value is -3.03. The average Bonchev–Trinajstić information content (AvgIpc) is 2.56. The number of hydrogen-bond acceptors (Lipinski definition) is 6. The van der Waals surface area contributed by atoms with Crippen LogP contribution in [0.5, 0.6) is 11.5 Å². The van der Waals surface area contributed by atoms with Gasteiger partial charge in [-0.2, -0.15) is 0 Å². The summed E-state index contributed by atoms with van der Waals surface area (Å²) in [5.74, 6) is -0.556. The number of urea groups is 1. The zero-order chi connectivity index (χ0) is 18.4. The van der Waals surface area contributed by atoms with Gasteiger partial charge < -0.3 is 19.9 Å². The summed E-state index contributed by atoms with van der Waals surface area (Å²) in [6.07, 6.45) is 1.60. The number of imide groups is 1. The zero-order valence-electron chi connectivity index (χ0n) is 14.0. The van der Waals surface area contributed by atoms with Gasteiger partial charge >= 0.3 is 12.0 Å². The van der Waals surface area contributed by atoms with Crippen LogP contribution in [0.3, 0.4) is 0 Å². The van der Waals surface area contributed by atoms with Crippen molar-refractivity contribution in [3.63, 3.8) is 0 Å². The summed E-state index contributed by atoms with van der Waals surface area (Å²) >= 11 is 0. The van der Waals surface area contributed by atoms with Crippen LogP contribution in [0.1, 0.15) is 19.4 Å². The van der Waals surface area contributed by atoms with Crippen LogP contribution in [0.15, 0.2) is 24.3 Å². The van der Waals surface area contributed by atoms with Crippen molar-refractivity contribution in [2.24, 2.45) is 11.7 Å². The van der Waals surface area contributed by atoms with Crippen molar-refractivity contribution >= 4 is 24.0 Å². The van der Waals surface area contributed by atoms with Crippen LogP contribution in [-0.4, -0.2) is 37.2 Å². The fourth-order valence-electron chi connectivity index (χ4n) is 2.18. The largest absolute Gasteiger partial charge is 0.486 e. The Morgan fingerprint density at radius 3 is 2.52 bits per heavy atom. The number of ether oxygens (including phenoxy) is 3. The van der Waals surface area contributed by atoms with Gasteiger partial charge in [-0.3, -0.25) is 10.1 Å². The standard InChI is InChI=1S/C17H20N2O6/c1-10(2)15(16(21)19-17(18)22)25-14(20)6-4-11-3-5-12-13(9-11)24-8-7-23-12/h3-6,9-10,15H,7-8H2,1-2H3,(H3,18,19,21,22)/b6-4+/t15-/m0/s1. The topological polar surface area (TPSA) is 117 Å². The Morgan fingerprint density at radius 2 is 1.88 bits per heavy atom. The Kier molecular flexibility index (Phi) is 5.99. The highest BCUT2D eigenvalue weighted by Crippen LogP contribution is 2.31. The molecule has 3 amide bonds. The highest BCUT2D eigenvalue weighted by molar-refractivity contribution is 5.97. The predicted octanol–water partition coefficient (Wildman–Crippen LogP) is 1.23. The molecular formula is C17H20N2O6. The van der Waals surface area contributed by atoms with Crippen LogP contribution in [0.4, 0.5) is 4.79 Å². The lowest BCUT2D eigenvalue weighted by molar-refractivity contribution is -0.153. The highest BCUT2D eigenvalue weighted by Gasteiger charge is 2.26. The molecule has 0 saturated carbocycles. The Bertz CT molecular complexity index is 698. The quantitative estimate of drug-likeness (QED) is 0.611. The number of fused-ring (bicyclic) bond motifs is 1. The van der Waals surface area contributed by atoms with Crippen molar-refractivity contribution in [1.82, 2.24) is 5.32 Å². The van der Waals surface area contributed by atoms with Gasteiger partial charge in [-0.25, -0.2) is 9.59 Å².